The molecule has 0 aliphatic heterocycles. The zero-order chi connectivity index (χ0) is 11.8. The van der Waals surface area contributed by atoms with E-state index in [1.165, 1.54) is 0 Å². The van der Waals surface area contributed by atoms with Crippen molar-refractivity contribution < 1.29 is 8.83 Å². The molecular weight excluding hydrogens is 216 g/mol. The zero-order valence-corrected chi connectivity index (χ0v) is 9.43. The third kappa shape index (κ3) is 1.49. The number of nitrogen functional groups attached to an aromatic ring is 1. The standard InChI is InChI=1S/C13H12N2O2/c1-2-10-8(6-7-16-10)13-15-12-9(14)4-3-5-11(12)17-13/h3-7H,2,14H2,1H3. The van der Waals surface area contributed by atoms with Gasteiger partial charge in [-0.25, -0.2) is 4.98 Å². The number of oxazole rings is 1. The summed E-state index contributed by atoms with van der Waals surface area (Å²) >= 11 is 0. The molecule has 2 heterocycles. The summed E-state index contributed by atoms with van der Waals surface area (Å²) in [6.45, 7) is 2.03. The molecule has 0 unspecified atom stereocenters. The summed E-state index contributed by atoms with van der Waals surface area (Å²) in [5.74, 6) is 1.43. The van der Waals surface area contributed by atoms with Crippen LogP contribution in [-0.2, 0) is 6.42 Å². The van der Waals surface area contributed by atoms with Gasteiger partial charge >= 0.3 is 0 Å². The second kappa shape index (κ2) is 3.66. The van der Waals surface area contributed by atoms with Gasteiger partial charge in [0.2, 0.25) is 5.89 Å². The molecule has 0 spiro atoms. The molecule has 4 heteroatoms. The summed E-state index contributed by atoms with van der Waals surface area (Å²) in [5, 5.41) is 0. The van der Waals surface area contributed by atoms with Gasteiger partial charge in [-0.05, 0) is 18.2 Å². The first kappa shape index (κ1) is 9.96. The molecule has 0 radical (unpaired) electrons. The van der Waals surface area contributed by atoms with E-state index in [1.54, 1.807) is 6.26 Å². The molecule has 17 heavy (non-hydrogen) atoms. The fourth-order valence-corrected chi connectivity index (χ4v) is 1.89. The first-order valence-electron chi connectivity index (χ1n) is 5.51. The van der Waals surface area contributed by atoms with Crippen LogP contribution in [0, 0.1) is 0 Å². The lowest BCUT2D eigenvalue weighted by molar-refractivity contribution is 0.514. The Hall–Kier alpha value is -2.23. The molecule has 2 aromatic heterocycles. The first-order valence-corrected chi connectivity index (χ1v) is 5.51. The number of para-hydroxylation sites is 1. The summed E-state index contributed by atoms with van der Waals surface area (Å²) in [6.07, 6.45) is 2.45. The number of aromatic nitrogens is 1. The molecule has 0 amide bonds. The van der Waals surface area contributed by atoms with Gasteiger partial charge in [0.15, 0.2) is 5.58 Å². The van der Waals surface area contributed by atoms with E-state index in [9.17, 15) is 0 Å². The van der Waals surface area contributed by atoms with Crippen molar-refractivity contribution in [3.05, 3.63) is 36.3 Å². The van der Waals surface area contributed by atoms with Crippen LogP contribution in [0.25, 0.3) is 22.6 Å². The molecule has 1 aromatic carbocycles. The van der Waals surface area contributed by atoms with E-state index in [0.717, 1.165) is 17.7 Å². The van der Waals surface area contributed by atoms with Gasteiger partial charge in [-0.2, -0.15) is 0 Å². The number of nitrogens with two attached hydrogens (primary N) is 1. The smallest absolute Gasteiger partial charge is 0.230 e. The minimum atomic E-state index is 0.559. The predicted octanol–water partition coefficient (Wildman–Crippen LogP) is 3.23. The average molecular weight is 228 g/mol. The lowest BCUT2D eigenvalue weighted by Crippen LogP contribution is -1.85. The Morgan fingerprint density at radius 2 is 2.18 bits per heavy atom. The summed E-state index contributed by atoms with van der Waals surface area (Å²) in [4.78, 5) is 4.41. The summed E-state index contributed by atoms with van der Waals surface area (Å²) in [7, 11) is 0. The molecule has 0 bridgehead atoms. The lowest BCUT2D eigenvalue weighted by Gasteiger charge is -1.92. The van der Waals surface area contributed by atoms with E-state index in [0.29, 0.717) is 22.7 Å². The van der Waals surface area contributed by atoms with E-state index in [-0.39, 0.29) is 0 Å². The zero-order valence-electron chi connectivity index (χ0n) is 9.43. The van der Waals surface area contributed by atoms with Crippen LogP contribution in [0.1, 0.15) is 12.7 Å². The molecule has 0 aliphatic rings. The molecule has 0 saturated heterocycles. The van der Waals surface area contributed by atoms with Crippen molar-refractivity contribution in [1.82, 2.24) is 4.98 Å². The topological polar surface area (TPSA) is 65.2 Å². The van der Waals surface area contributed by atoms with Crippen LogP contribution < -0.4 is 5.73 Å². The molecule has 0 saturated carbocycles. The SMILES string of the molecule is CCc1occc1-c1nc2c(N)cccc2o1. The van der Waals surface area contributed by atoms with Crippen LogP contribution in [0.5, 0.6) is 0 Å². The quantitative estimate of drug-likeness (QED) is 0.684. The molecule has 2 N–H and O–H groups in total. The third-order valence-corrected chi connectivity index (χ3v) is 2.75. The number of aryl methyl sites for hydroxylation is 1. The van der Waals surface area contributed by atoms with Crippen molar-refractivity contribution in [3.63, 3.8) is 0 Å². The number of fused-ring (bicyclic) bond motifs is 1. The van der Waals surface area contributed by atoms with Crippen molar-refractivity contribution in [2.75, 3.05) is 5.73 Å². The van der Waals surface area contributed by atoms with E-state index >= 15 is 0 Å². The van der Waals surface area contributed by atoms with Crippen LogP contribution in [0.15, 0.2) is 39.4 Å². The highest BCUT2D eigenvalue weighted by Crippen LogP contribution is 2.30. The Morgan fingerprint density at radius 3 is 2.94 bits per heavy atom. The maximum absolute atomic E-state index is 5.85. The van der Waals surface area contributed by atoms with Crippen LogP contribution in [0.2, 0.25) is 0 Å². The maximum atomic E-state index is 5.85. The van der Waals surface area contributed by atoms with Gasteiger partial charge in [0.05, 0.1) is 17.5 Å². The average Bonchev–Trinajstić information content (AvgIpc) is 2.94. The van der Waals surface area contributed by atoms with Crippen molar-refractivity contribution in [1.29, 1.82) is 0 Å². The Labute approximate surface area is 98.0 Å². The Balaban J connectivity index is 2.22. The van der Waals surface area contributed by atoms with Gasteiger partial charge in [0.1, 0.15) is 11.3 Å². The van der Waals surface area contributed by atoms with Crippen molar-refractivity contribution in [2.24, 2.45) is 0 Å². The first-order chi connectivity index (χ1) is 8.29. The molecular formula is C13H12N2O2. The second-order valence-electron chi connectivity index (χ2n) is 3.82. The van der Waals surface area contributed by atoms with E-state index < -0.39 is 0 Å². The van der Waals surface area contributed by atoms with E-state index in [1.807, 2.05) is 31.2 Å². The lowest BCUT2D eigenvalue weighted by atomic mass is 10.2. The number of benzene rings is 1. The summed E-state index contributed by atoms with van der Waals surface area (Å²) < 4.78 is 11.0. The number of hydrogen-bond acceptors (Lipinski definition) is 4. The molecule has 0 fully saturated rings. The van der Waals surface area contributed by atoms with Gasteiger partial charge < -0.3 is 14.6 Å². The molecule has 0 atom stereocenters. The number of furan rings is 1. The number of anilines is 1. The van der Waals surface area contributed by atoms with Crippen LogP contribution in [0.3, 0.4) is 0 Å². The van der Waals surface area contributed by atoms with E-state index in [4.69, 9.17) is 14.6 Å². The Bertz CT molecular complexity index is 667. The highest BCUT2D eigenvalue weighted by atomic mass is 16.4. The highest BCUT2D eigenvalue weighted by molar-refractivity contribution is 5.87. The Morgan fingerprint density at radius 1 is 1.29 bits per heavy atom. The molecule has 0 aliphatic carbocycles. The summed E-state index contributed by atoms with van der Waals surface area (Å²) in [5.41, 5.74) is 8.76. The molecule has 4 nitrogen and oxygen atoms in total. The fourth-order valence-electron chi connectivity index (χ4n) is 1.89. The molecule has 3 aromatic rings. The van der Waals surface area contributed by atoms with Gasteiger partial charge in [-0.15, -0.1) is 0 Å². The monoisotopic (exact) mass is 228 g/mol. The largest absolute Gasteiger partial charge is 0.469 e. The van der Waals surface area contributed by atoms with Crippen LogP contribution in [0.4, 0.5) is 5.69 Å². The van der Waals surface area contributed by atoms with Crippen molar-refractivity contribution in [3.8, 4) is 11.5 Å². The van der Waals surface area contributed by atoms with Gasteiger partial charge in [-0.1, -0.05) is 13.0 Å². The van der Waals surface area contributed by atoms with Crippen LogP contribution >= 0.6 is 0 Å². The minimum Gasteiger partial charge on any atom is -0.469 e. The normalized spacial score (nSPS) is 11.1. The maximum Gasteiger partial charge on any atom is 0.230 e. The molecule has 3 rings (SSSR count). The number of rotatable bonds is 2. The van der Waals surface area contributed by atoms with Crippen molar-refractivity contribution in [2.45, 2.75) is 13.3 Å². The van der Waals surface area contributed by atoms with Gasteiger partial charge in [-0.3, -0.25) is 0 Å². The third-order valence-electron chi connectivity index (χ3n) is 2.75. The summed E-state index contributed by atoms with van der Waals surface area (Å²) in [6, 6.07) is 7.38. The minimum absolute atomic E-state index is 0.559. The van der Waals surface area contributed by atoms with E-state index in [2.05, 4.69) is 4.98 Å². The Kier molecular flexibility index (Phi) is 2.14. The molecule has 86 valence electrons. The van der Waals surface area contributed by atoms with Crippen LogP contribution in [-0.4, -0.2) is 4.98 Å². The van der Waals surface area contributed by atoms with Crippen molar-refractivity contribution >= 4 is 16.8 Å². The number of hydrogen-bond donors (Lipinski definition) is 1. The van der Waals surface area contributed by atoms with Gasteiger partial charge in [0, 0.05) is 6.42 Å². The number of nitrogens with zero attached hydrogens (tertiary/aromatic N) is 1. The fraction of sp³-hybridized carbons (Fsp3) is 0.154. The highest BCUT2D eigenvalue weighted by Gasteiger charge is 2.14. The predicted molar refractivity (Wildman–Crippen MR) is 65.5 cm³/mol. The second-order valence-corrected chi connectivity index (χ2v) is 3.82. The van der Waals surface area contributed by atoms with Gasteiger partial charge in [0.25, 0.3) is 0 Å².